The number of hydrogen-bond donors (Lipinski definition) is 1. The third-order valence-electron chi connectivity index (χ3n) is 5.29. The Morgan fingerprint density at radius 1 is 1.11 bits per heavy atom. The van der Waals surface area contributed by atoms with Crippen LogP contribution in [-0.2, 0) is 4.74 Å². The quantitative estimate of drug-likeness (QED) is 0.831. The first-order valence-electron chi connectivity index (χ1n) is 7.91. The van der Waals surface area contributed by atoms with Gasteiger partial charge in [-0.3, -0.25) is 0 Å². The van der Waals surface area contributed by atoms with Gasteiger partial charge in [0, 0.05) is 31.3 Å². The van der Waals surface area contributed by atoms with E-state index in [1.165, 1.54) is 51.6 Å². The average molecular weight is 252 g/mol. The van der Waals surface area contributed by atoms with Crippen molar-refractivity contribution in [2.75, 3.05) is 26.3 Å². The molecular formula is C15H28N2O. The van der Waals surface area contributed by atoms with E-state index in [2.05, 4.69) is 17.1 Å². The van der Waals surface area contributed by atoms with Gasteiger partial charge >= 0.3 is 0 Å². The van der Waals surface area contributed by atoms with Gasteiger partial charge in [0.1, 0.15) is 0 Å². The van der Waals surface area contributed by atoms with Gasteiger partial charge < -0.3 is 15.0 Å². The lowest BCUT2D eigenvalue weighted by molar-refractivity contribution is 0.0516. The van der Waals surface area contributed by atoms with E-state index in [0.29, 0.717) is 6.04 Å². The van der Waals surface area contributed by atoms with Crippen LogP contribution in [0.25, 0.3) is 0 Å². The molecule has 3 fully saturated rings. The molecule has 1 N–H and O–H groups in total. The van der Waals surface area contributed by atoms with Gasteiger partial charge in [0.05, 0.1) is 0 Å². The molecule has 0 spiro atoms. The number of ether oxygens (including phenoxy) is 1. The number of nitrogens with one attached hydrogen (secondary N) is 1. The summed E-state index contributed by atoms with van der Waals surface area (Å²) in [6, 6.07) is 2.33. The lowest BCUT2D eigenvalue weighted by Gasteiger charge is -2.38. The molecule has 3 heterocycles. The summed E-state index contributed by atoms with van der Waals surface area (Å²) in [5.74, 6) is 0.834. The second-order valence-corrected chi connectivity index (χ2v) is 6.46. The average Bonchev–Trinajstić information content (AvgIpc) is 2.87. The topological polar surface area (TPSA) is 24.5 Å². The Kier molecular flexibility index (Phi) is 4.22. The van der Waals surface area contributed by atoms with Crippen LogP contribution in [0.1, 0.15) is 45.4 Å². The third kappa shape index (κ3) is 2.89. The van der Waals surface area contributed by atoms with Gasteiger partial charge in [-0.1, -0.05) is 0 Å². The molecule has 18 heavy (non-hydrogen) atoms. The fourth-order valence-electron chi connectivity index (χ4n) is 4.10. The highest BCUT2D eigenvalue weighted by atomic mass is 16.5. The molecule has 0 aromatic heterocycles. The Bertz CT molecular complexity index is 265. The molecule has 0 aliphatic carbocycles. The van der Waals surface area contributed by atoms with Crippen LogP contribution in [0.5, 0.6) is 0 Å². The minimum atomic E-state index is 0.673. The first-order chi connectivity index (χ1) is 8.83. The third-order valence-corrected chi connectivity index (χ3v) is 5.29. The van der Waals surface area contributed by atoms with Crippen LogP contribution in [0, 0.1) is 5.92 Å². The highest BCUT2D eigenvalue weighted by Crippen LogP contribution is 2.28. The van der Waals surface area contributed by atoms with Crippen molar-refractivity contribution in [2.24, 2.45) is 5.92 Å². The Morgan fingerprint density at radius 3 is 2.78 bits per heavy atom. The Hall–Kier alpha value is -0.120. The minimum Gasteiger partial charge on any atom is -0.381 e. The highest BCUT2D eigenvalue weighted by molar-refractivity contribution is 4.90. The zero-order valence-electron chi connectivity index (χ0n) is 11.7. The SMILES string of the molecule is CC(NC1CCN2CCCC2C1)C1CCOCC1. The molecule has 0 saturated carbocycles. The zero-order chi connectivity index (χ0) is 12.4. The van der Waals surface area contributed by atoms with Gasteiger partial charge in [0.2, 0.25) is 0 Å². The fraction of sp³-hybridized carbons (Fsp3) is 1.00. The van der Waals surface area contributed by atoms with Crippen molar-refractivity contribution in [1.82, 2.24) is 10.2 Å². The minimum absolute atomic E-state index is 0.673. The largest absolute Gasteiger partial charge is 0.381 e. The number of nitrogens with zero attached hydrogens (tertiary/aromatic N) is 1. The van der Waals surface area contributed by atoms with Gasteiger partial charge in [-0.2, -0.15) is 0 Å². The zero-order valence-corrected chi connectivity index (χ0v) is 11.7. The first kappa shape index (κ1) is 12.9. The molecule has 3 aliphatic heterocycles. The monoisotopic (exact) mass is 252 g/mol. The van der Waals surface area contributed by atoms with Crippen molar-refractivity contribution in [1.29, 1.82) is 0 Å². The molecule has 0 radical (unpaired) electrons. The summed E-state index contributed by atoms with van der Waals surface area (Å²) < 4.78 is 5.46. The smallest absolute Gasteiger partial charge is 0.0469 e. The van der Waals surface area contributed by atoms with E-state index < -0.39 is 0 Å². The summed E-state index contributed by atoms with van der Waals surface area (Å²) >= 11 is 0. The molecule has 3 rings (SSSR count). The first-order valence-corrected chi connectivity index (χ1v) is 7.91. The van der Waals surface area contributed by atoms with Crippen LogP contribution < -0.4 is 5.32 Å². The molecular weight excluding hydrogens is 224 g/mol. The van der Waals surface area contributed by atoms with Crippen LogP contribution in [0.3, 0.4) is 0 Å². The van der Waals surface area contributed by atoms with Crippen molar-refractivity contribution >= 4 is 0 Å². The Balaban J connectivity index is 1.47. The van der Waals surface area contributed by atoms with E-state index in [0.717, 1.165) is 31.2 Å². The van der Waals surface area contributed by atoms with Gasteiger partial charge in [-0.05, 0) is 64.5 Å². The maximum Gasteiger partial charge on any atom is 0.0469 e. The van der Waals surface area contributed by atoms with Crippen molar-refractivity contribution in [3.63, 3.8) is 0 Å². The van der Waals surface area contributed by atoms with Crippen molar-refractivity contribution < 1.29 is 4.74 Å². The normalized spacial score (nSPS) is 36.5. The summed E-state index contributed by atoms with van der Waals surface area (Å²) in [7, 11) is 0. The number of rotatable bonds is 3. The molecule has 0 aromatic rings. The van der Waals surface area contributed by atoms with Crippen LogP contribution in [0.2, 0.25) is 0 Å². The molecule has 3 heteroatoms. The molecule has 3 saturated heterocycles. The molecule has 0 bridgehead atoms. The molecule has 0 amide bonds. The van der Waals surface area contributed by atoms with E-state index in [4.69, 9.17) is 4.74 Å². The lowest BCUT2D eigenvalue weighted by atomic mass is 9.90. The molecule has 3 atom stereocenters. The molecule has 3 aliphatic rings. The summed E-state index contributed by atoms with van der Waals surface area (Å²) in [5, 5.41) is 3.92. The summed E-state index contributed by atoms with van der Waals surface area (Å²) in [5.41, 5.74) is 0. The van der Waals surface area contributed by atoms with E-state index >= 15 is 0 Å². The predicted molar refractivity (Wildman–Crippen MR) is 73.8 cm³/mol. The molecule has 3 unspecified atom stereocenters. The van der Waals surface area contributed by atoms with Crippen molar-refractivity contribution in [3.8, 4) is 0 Å². The maximum absolute atomic E-state index is 5.46. The molecule has 0 aromatic carbocycles. The summed E-state index contributed by atoms with van der Waals surface area (Å²) in [6.07, 6.45) is 8.08. The Morgan fingerprint density at radius 2 is 1.94 bits per heavy atom. The second-order valence-electron chi connectivity index (χ2n) is 6.46. The number of piperidine rings is 1. The number of fused-ring (bicyclic) bond motifs is 1. The van der Waals surface area contributed by atoms with Crippen molar-refractivity contribution in [2.45, 2.75) is 63.6 Å². The summed E-state index contributed by atoms with van der Waals surface area (Å²) in [6.45, 7) is 7.00. The van der Waals surface area contributed by atoms with E-state index in [1.54, 1.807) is 0 Å². The predicted octanol–water partition coefficient (Wildman–Crippen LogP) is 2.02. The van der Waals surface area contributed by atoms with Gasteiger partial charge in [0.15, 0.2) is 0 Å². The van der Waals surface area contributed by atoms with Crippen LogP contribution in [0.15, 0.2) is 0 Å². The van der Waals surface area contributed by atoms with Crippen LogP contribution in [0.4, 0.5) is 0 Å². The highest BCUT2D eigenvalue weighted by Gasteiger charge is 2.32. The van der Waals surface area contributed by atoms with Crippen LogP contribution >= 0.6 is 0 Å². The van der Waals surface area contributed by atoms with Crippen molar-refractivity contribution in [3.05, 3.63) is 0 Å². The summed E-state index contributed by atoms with van der Waals surface area (Å²) in [4.78, 5) is 2.71. The van der Waals surface area contributed by atoms with Gasteiger partial charge in [0.25, 0.3) is 0 Å². The maximum atomic E-state index is 5.46. The van der Waals surface area contributed by atoms with E-state index in [9.17, 15) is 0 Å². The Labute approximate surface area is 111 Å². The molecule has 3 nitrogen and oxygen atoms in total. The molecule has 104 valence electrons. The van der Waals surface area contributed by atoms with Gasteiger partial charge in [-0.15, -0.1) is 0 Å². The number of hydrogen-bond acceptors (Lipinski definition) is 3. The lowest BCUT2D eigenvalue weighted by Crippen LogP contribution is -2.50. The second kappa shape index (κ2) is 5.89. The van der Waals surface area contributed by atoms with Crippen LogP contribution in [-0.4, -0.2) is 49.3 Å². The van der Waals surface area contributed by atoms with E-state index in [1.807, 2.05) is 0 Å². The standard InChI is InChI=1S/C15H28N2O/c1-12(13-5-9-18-10-6-13)16-14-4-8-17-7-2-3-15(17)11-14/h12-16H,2-11H2,1H3. The van der Waals surface area contributed by atoms with E-state index in [-0.39, 0.29) is 0 Å². The fourth-order valence-corrected chi connectivity index (χ4v) is 4.10. The van der Waals surface area contributed by atoms with Gasteiger partial charge in [-0.25, -0.2) is 0 Å².